The number of fused-ring (bicyclic) bond motifs is 1. The molecule has 8 heteroatoms. The first-order valence-electron chi connectivity index (χ1n) is 6.45. The fourth-order valence-electron chi connectivity index (χ4n) is 2.22. The predicted octanol–water partition coefficient (Wildman–Crippen LogP) is 3.88. The Hall–Kier alpha value is -0.780. The fourth-order valence-corrected chi connectivity index (χ4v) is 2.79. The van der Waals surface area contributed by atoms with Crippen molar-refractivity contribution in [1.82, 2.24) is 15.3 Å². The second kappa shape index (κ2) is 8.75. The van der Waals surface area contributed by atoms with Gasteiger partial charge in [-0.3, -0.25) is 0 Å². The molecular formula is C14H16Cl4N4. The van der Waals surface area contributed by atoms with Gasteiger partial charge in [0.25, 0.3) is 0 Å². The highest BCUT2D eigenvalue weighted by atomic mass is 35.5. The summed E-state index contributed by atoms with van der Waals surface area (Å²) in [5.74, 6) is 0.667. The number of nitrogens with one attached hydrogen (secondary N) is 2. The quantitative estimate of drug-likeness (QED) is 0.843. The third-order valence-corrected chi connectivity index (χ3v) is 3.62. The molecule has 2 heterocycles. The Morgan fingerprint density at radius 3 is 2.55 bits per heavy atom. The standard InChI is InChI=1S/C14H14Cl2N4.2ClH/c15-11-3-9(4-12(16)5-11)1-2-18-14-19-7-10-6-17-8-13(10)20-14;;/h3-5,7,17H,1-2,6,8H2,(H,18,19,20);2*1H. The van der Waals surface area contributed by atoms with Crippen molar-refractivity contribution in [2.45, 2.75) is 19.5 Å². The lowest BCUT2D eigenvalue weighted by Gasteiger charge is -2.07. The average Bonchev–Trinajstić information content (AvgIpc) is 2.85. The number of hydrogen-bond acceptors (Lipinski definition) is 4. The Labute approximate surface area is 151 Å². The molecular weight excluding hydrogens is 366 g/mol. The van der Waals surface area contributed by atoms with Gasteiger partial charge in [0, 0.05) is 41.4 Å². The molecule has 1 aromatic carbocycles. The van der Waals surface area contributed by atoms with Crippen LogP contribution in [0.4, 0.5) is 5.95 Å². The van der Waals surface area contributed by atoms with Crippen LogP contribution in [0.15, 0.2) is 24.4 Å². The molecule has 2 aromatic rings. The van der Waals surface area contributed by atoms with Crippen molar-refractivity contribution in [3.8, 4) is 0 Å². The molecule has 22 heavy (non-hydrogen) atoms. The molecule has 0 saturated heterocycles. The molecule has 0 saturated carbocycles. The van der Waals surface area contributed by atoms with Crippen molar-refractivity contribution >= 4 is 54.0 Å². The largest absolute Gasteiger partial charge is 0.354 e. The third kappa shape index (κ3) is 4.86. The van der Waals surface area contributed by atoms with Gasteiger partial charge >= 0.3 is 0 Å². The molecule has 1 aromatic heterocycles. The summed E-state index contributed by atoms with van der Waals surface area (Å²) in [5.41, 5.74) is 3.35. The van der Waals surface area contributed by atoms with Gasteiger partial charge in [0.15, 0.2) is 0 Å². The van der Waals surface area contributed by atoms with Gasteiger partial charge in [-0.25, -0.2) is 9.97 Å². The first-order valence-corrected chi connectivity index (χ1v) is 7.20. The van der Waals surface area contributed by atoms with Gasteiger partial charge < -0.3 is 10.6 Å². The van der Waals surface area contributed by atoms with Crippen LogP contribution in [0.25, 0.3) is 0 Å². The molecule has 0 unspecified atom stereocenters. The number of aromatic nitrogens is 2. The van der Waals surface area contributed by atoms with Crippen molar-refractivity contribution in [3.63, 3.8) is 0 Å². The molecule has 0 spiro atoms. The van der Waals surface area contributed by atoms with Crippen LogP contribution in [0.5, 0.6) is 0 Å². The molecule has 1 aliphatic rings. The molecule has 3 rings (SSSR count). The summed E-state index contributed by atoms with van der Waals surface area (Å²) in [6, 6.07) is 5.57. The monoisotopic (exact) mass is 380 g/mol. The van der Waals surface area contributed by atoms with E-state index >= 15 is 0 Å². The number of nitrogens with zero attached hydrogens (tertiary/aromatic N) is 2. The van der Waals surface area contributed by atoms with Gasteiger partial charge in [-0.2, -0.15) is 0 Å². The van der Waals surface area contributed by atoms with Gasteiger partial charge in [0.2, 0.25) is 5.95 Å². The molecule has 0 atom stereocenters. The molecule has 0 radical (unpaired) electrons. The van der Waals surface area contributed by atoms with E-state index in [1.54, 1.807) is 6.07 Å². The number of benzene rings is 1. The average molecular weight is 382 g/mol. The molecule has 0 bridgehead atoms. The minimum atomic E-state index is 0. The van der Waals surface area contributed by atoms with E-state index in [2.05, 4.69) is 20.6 Å². The Morgan fingerprint density at radius 2 is 1.82 bits per heavy atom. The molecule has 120 valence electrons. The highest BCUT2D eigenvalue weighted by Gasteiger charge is 2.12. The van der Waals surface area contributed by atoms with Crippen molar-refractivity contribution in [3.05, 3.63) is 51.3 Å². The zero-order valence-electron chi connectivity index (χ0n) is 11.6. The smallest absolute Gasteiger partial charge is 0.222 e. The molecule has 4 nitrogen and oxygen atoms in total. The van der Waals surface area contributed by atoms with E-state index in [1.807, 2.05) is 18.3 Å². The lowest BCUT2D eigenvalue weighted by atomic mass is 10.1. The van der Waals surface area contributed by atoms with Gasteiger partial charge in [-0.1, -0.05) is 23.2 Å². The van der Waals surface area contributed by atoms with Gasteiger partial charge in [0.05, 0.1) is 5.69 Å². The number of hydrogen-bond donors (Lipinski definition) is 2. The summed E-state index contributed by atoms with van der Waals surface area (Å²) in [4.78, 5) is 8.79. The zero-order valence-corrected chi connectivity index (χ0v) is 14.7. The SMILES string of the molecule is Cl.Cl.Clc1cc(Cl)cc(CCNc2ncc3c(n2)CNC3)c1. The Morgan fingerprint density at radius 1 is 1.09 bits per heavy atom. The zero-order chi connectivity index (χ0) is 13.9. The van der Waals surface area contributed by atoms with Crippen molar-refractivity contribution in [2.24, 2.45) is 0 Å². The van der Waals surface area contributed by atoms with Crippen LogP contribution in [-0.2, 0) is 19.5 Å². The van der Waals surface area contributed by atoms with E-state index in [4.69, 9.17) is 23.2 Å². The minimum Gasteiger partial charge on any atom is -0.354 e. The fraction of sp³-hybridized carbons (Fsp3) is 0.286. The summed E-state index contributed by atoms with van der Waals surface area (Å²) in [5, 5.41) is 7.79. The topological polar surface area (TPSA) is 49.8 Å². The van der Waals surface area contributed by atoms with Crippen molar-refractivity contribution in [1.29, 1.82) is 0 Å². The Balaban J connectivity index is 0.00000121. The molecule has 0 amide bonds. The molecule has 1 aliphatic heterocycles. The number of halogens is 4. The van der Waals surface area contributed by atoms with E-state index in [0.29, 0.717) is 16.0 Å². The predicted molar refractivity (Wildman–Crippen MR) is 95.7 cm³/mol. The second-order valence-corrected chi connectivity index (χ2v) is 5.60. The normalized spacial score (nSPS) is 12.1. The van der Waals surface area contributed by atoms with Gasteiger partial charge in [-0.05, 0) is 30.2 Å². The maximum atomic E-state index is 5.97. The van der Waals surface area contributed by atoms with E-state index in [1.165, 1.54) is 5.56 Å². The van der Waals surface area contributed by atoms with Crippen molar-refractivity contribution in [2.75, 3.05) is 11.9 Å². The Kier molecular flexibility index (Phi) is 7.66. The van der Waals surface area contributed by atoms with E-state index in [-0.39, 0.29) is 24.8 Å². The van der Waals surface area contributed by atoms with Gasteiger partial charge in [-0.15, -0.1) is 24.8 Å². The van der Waals surface area contributed by atoms with Crippen LogP contribution in [-0.4, -0.2) is 16.5 Å². The summed E-state index contributed by atoms with van der Waals surface area (Å²) >= 11 is 11.9. The summed E-state index contributed by atoms with van der Waals surface area (Å²) in [6.45, 7) is 2.41. The van der Waals surface area contributed by atoms with Crippen LogP contribution in [0.2, 0.25) is 10.0 Å². The first kappa shape index (κ1) is 19.3. The first-order chi connectivity index (χ1) is 9.70. The van der Waals surface area contributed by atoms with Gasteiger partial charge in [0.1, 0.15) is 0 Å². The van der Waals surface area contributed by atoms with E-state index < -0.39 is 0 Å². The second-order valence-electron chi connectivity index (χ2n) is 4.72. The molecule has 0 aliphatic carbocycles. The molecule has 2 N–H and O–H groups in total. The number of rotatable bonds is 4. The maximum Gasteiger partial charge on any atom is 0.222 e. The highest BCUT2D eigenvalue weighted by molar-refractivity contribution is 6.34. The van der Waals surface area contributed by atoms with Crippen LogP contribution in [0, 0.1) is 0 Å². The minimum absolute atomic E-state index is 0. The summed E-state index contributed by atoms with van der Waals surface area (Å²) in [6.07, 6.45) is 2.69. The van der Waals surface area contributed by atoms with Crippen LogP contribution >= 0.6 is 48.0 Å². The summed E-state index contributed by atoms with van der Waals surface area (Å²) < 4.78 is 0. The molecule has 0 fully saturated rings. The lowest BCUT2D eigenvalue weighted by Crippen LogP contribution is -2.09. The lowest BCUT2D eigenvalue weighted by molar-refractivity contribution is 0.757. The third-order valence-electron chi connectivity index (χ3n) is 3.18. The number of anilines is 1. The van der Waals surface area contributed by atoms with Crippen LogP contribution in [0.1, 0.15) is 16.8 Å². The highest BCUT2D eigenvalue weighted by Crippen LogP contribution is 2.19. The maximum absolute atomic E-state index is 5.97. The van der Waals surface area contributed by atoms with Crippen LogP contribution in [0.3, 0.4) is 0 Å². The van der Waals surface area contributed by atoms with Crippen LogP contribution < -0.4 is 10.6 Å². The summed E-state index contributed by atoms with van der Waals surface area (Å²) in [7, 11) is 0. The van der Waals surface area contributed by atoms with Crippen molar-refractivity contribution < 1.29 is 0 Å². The Bertz CT molecular complexity index is 616. The van der Waals surface area contributed by atoms with E-state index in [9.17, 15) is 0 Å². The van der Waals surface area contributed by atoms with E-state index in [0.717, 1.165) is 37.3 Å².